The highest BCUT2D eigenvalue weighted by molar-refractivity contribution is 5.63. The molecule has 0 unspecified atom stereocenters. The van der Waals surface area contributed by atoms with E-state index in [9.17, 15) is 0 Å². The van der Waals surface area contributed by atoms with E-state index in [1.54, 1.807) is 0 Å². The van der Waals surface area contributed by atoms with Gasteiger partial charge in [-0.3, -0.25) is 0 Å². The summed E-state index contributed by atoms with van der Waals surface area (Å²) in [6.07, 6.45) is 3.81. The minimum Gasteiger partial charge on any atom is -0.490 e. The number of nitrogens with two attached hydrogens (primary N) is 1. The maximum absolute atomic E-state index is 5.56. The molecule has 0 heterocycles. The Kier molecular flexibility index (Phi) is 4.56. The molecule has 92 valence electrons. The fraction of sp³-hybridized carbons (Fsp3) is 0.125. The van der Waals surface area contributed by atoms with Crippen molar-refractivity contribution >= 4 is 0 Å². The summed E-state index contributed by atoms with van der Waals surface area (Å²) in [5.41, 5.74) is 7.76. The first-order chi connectivity index (χ1) is 8.90. The molecule has 2 aromatic carbocycles. The zero-order chi connectivity index (χ0) is 12.6. The van der Waals surface area contributed by atoms with Gasteiger partial charge < -0.3 is 10.5 Å². The van der Waals surface area contributed by atoms with Crippen molar-refractivity contribution in [3.63, 3.8) is 0 Å². The zero-order valence-corrected chi connectivity index (χ0v) is 10.3. The van der Waals surface area contributed by atoms with Crippen LogP contribution in [0.3, 0.4) is 0 Å². The first-order valence-electron chi connectivity index (χ1n) is 6.03. The van der Waals surface area contributed by atoms with Crippen LogP contribution in [-0.4, -0.2) is 13.2 Å². The Morgan fingerprint density at radius 1 is 0.833 bits per heavy atom. The average molecular weight is 239 g/mol. The third-order valence-corrected chi connectivity index (χ3v) is 2.61. The van der Waals surface area contributed by atoms with Crippen LogP contribution in [0.15, 0.2) is 66.7 Å². The lowest BCUT2D eigenvalue weighted by Gasteiger charge is -2.05. The minimum atomic E-state index is 0.552. The molecule has 0 aromatic heterocycles. The molecule has 0 amide bonds. The van der Waals surface area contributed by atoms with E-state index in [1.807, 2.05) is 42.5 Å². The quantitative estimate of drug-likeness (QED) is 0.813. The van der Waals surface area contributed by atoms with Gasteiger partial charge in [0.25, 0.3) is 0 Å². The number of benzene rings is 2. The van der Waals surface area contributed by atoms with Gasteiger partial charge in [-0.05, 0) is 23.3 Å². The van der Waals surface area contributed by atoms with Crippen molar-refractivity contribution in [3.8, 4) is 16.9 Å². The maximum atomic E-state index is 5.56. The monoisotopic (exact) mass is 239 g/mol. The van der Waals surface area contributed by atoms with Gasteiger partial charge in [0.2, 0.25) is 0 Å². The highest BCUT2D eigenvalue weighted by atomic mass is 16.5. The van der Waals surface area contributed by atoms with E-state index in [1.165, 1.54) is 11.1 Å². The highest BCUT2D eigenvalue weighted by Crippen LogP contribution is 2.21. The molecule has 0 atom stereocenters. The molecule has 0 spiro atoms. The minimum absolute atomic E-state index is 0.552. The third kappa shape index (κ3) is 3.47. The molecule has 0 bridgehead atoms. The molecule has 0 aliphatic rings. The Labute approximate surface area is 108 Å². The number of rotatable bonds is 5. The van der Waals surface area contributed by atoms with Crippen LogP contribution in [0.25, 0.3) is 11.1 Å². The van der Waals surface area contributed by atoms with E-state index in [0.29, 0.717) is 13.2 Å². The van der Waals surface area contributed by atoms with Crippen LogP contribution in [0.1, 0.15) is 0 Å². The lowest BCUT2D eigenvalue weighted by atomic mass is 10.1. The van der Waals surface area contributed by atoms with Crippen molar-refractivity contribution in [1.29, 1.82) is 0 Å². The molecule has 2 heteroatoms. The van der Waals surface area contributed by atoms with Gasteiger partial charge in [0.1, 0.15) is 12.4 Å². The number of hydrogen-bond donors (Lipinski definition) is 1. The standard InChI is InChI=1S/C16H17NO/c17-12-4-5-13-18-16-10-8-15(9-11-16)14-6-2-1-3-7-14/h1-11H,12-13,17H2. The predicted molar refractivity (Wildman–Crippen MR) is 75.6 cm³/mol. The van der Waals surface area contributed by atoms with Gasteiger partial charge in [-0.2, -0.15) is 0 Å². The predicted octanol–water partition coefficient (Wildman–Crippen LogP) is 3.25. The van der Waals surface area contributed by atoms with E-state index in [0.717, 1.165) is 5.75 Å². The summed E-state index contributed by atoms with van der Waals surface area (Å²) in [5, 5.41) is 0. The van der Waals surface area contributed by atoms with Gasteiger partial charge in [0.15, 0.2) is 0 Å². The van der Waals surface area contributed by atoms with Gasteiger partial charge in [0, 0.05) is 6.54 Å². The molecule has 0 saturated heterocycles. The lowest BCUT2D eigenvalue weighted by molar-refractivity contribution is 0.362. The second-order valence-electron chi connectivity index (χ2n) is 3.91. The Hall–Kier alpha value is -2.06. The first-order valence-corrected chi connectivity index (χ1v) is 6.03. The maximum Gasteiger partial charge on any atom is 0.119 e. The Morgan fingerprint density at radius 3 is 2.17 bits per heavy atom. The fourth-order valence-corrected chi connectivity index (χ4v) is 1.68. The molecule has 2 nitrogen and oxygen atoms in total. The first kappa shape index (κ1) is 12.4. The van der Waals surface area contributed by atoms with Crippen LogP contribution in [0.2, 0.25) is 0 Å². The smallest absolute Gasteiger partial charge is 0.119 e. The summed E-state index contributed by atoms with van der Waals surface area (Å²) in [4.78, 5) is 0. The third-order valence-electron chi connectivity index (χ3n) is 2.61. The molecule has 0 radical (unpaired) electrons. The van der Waals surface area contributed by atoms with Crippen molar-refractivity contribution in [1.82, 2.24) is 0 Å². The van der Waals surface area contributed by atoms with Crippen LogP contribution >= 0.6 is 0 Å². The molecule has 2 rings (SSSR count). The summed E-state index contributed by atoms with van der Waals surface area (Å²) in [7, 11) is 0. The van der Waals surface area contributed by atoms with E-state index in [-0.39, 0.29) is 0 Å². The lowest BCUT2D eigenvalue weighted by Crippen LogP contribution is -1.97. The van der Waals surface area contributed by atoms with Crippen LogP contribution < -0.4 is 10.5 Å². The Bertz CT molecular complexity index is 488. The van der Waals surface area contributed by atoms with Gasteiger partial charge >= 0.3 is 0 Å². The molecule has 0 fully saturated rings. The molecule has 2 N–H and O–H groups in total. The van der Waals surface area contributed by atoms with E-state index < -0.39 is 0 Å². The van der Waals surface area contributed by atoms with Crippen molar-refractivity contribution < 1.29 is 4.74 Å². The number of hydrogen-bond acceptors (Lipinski definition) is 2. The van der Waals surface area contributed by atoms with E-state index >= 15 is 0 Å². The zero-order valence-electron chi connectivity index (χ0n) is 10.3. The summed E-state index contributed by atoms with van der Waals surface area (Å²) in [6, 6.07) is 18.4. The van der Waals surface area contributed by atoms with Gasteiger partial charge in [-0.25, -0.2) is 0 Å². The van der Waals surface area contributed by atoms with Crippen molar-refractivity contribution in [2.24, 2.45) is 5.73 Å². The Balaban J connectivity index is 2.00. The molecule has 0 saturated carbocycles. The average Bonchev–Trinajstić information content (AvgIpc) is 2.45. The highest BCUT2D eigenvalue weighted by Gasteiger charge is 1.97. The van der Waals surface area contributed by atoms with Gasteiger partial charge in [-0.15, -0.1) is 0 Å². The Morgan fingerprint density at radius 2 is 1.50 bits per heavy atom. The van der Waals surface area contributed by atoms with E-state index in [4.69, 9.17) is 10.5 Å². The molecule has 0 aliphatic carbocycles. The molecule has 0 aliphatic heterocycles. The van der Waals surface area contributed by atoms with E-state index in [2.05, 4.69) is 24.3 Å². The summed E-state index contributed by atoms with van der Waals surface area (Å²) < 4.78 is 5.56. The topological polar surface area (TPSA) is 35.2 Å². The second kappa shape index (κ2) is 6.62. The van der Waals surface area contributed by atoms with Gasteiger partial charge in [0.05, 0.1) is 0 Å². The molecular weight excluding hydrogens is 222 g/mol. The molecule has 18 heavy (non-hydrogen) atoms. The van der Waals surface area contributed by atoms with Crippen LogP contribution in [0.4, 0.5) is 0 Å². The van der Waals surface area contributed by atoms with Crippen LogP contribution in [0, 0.1) is 0 Å². The SMILES string of the molecule is NCC=CCOc1ccc(-c2ccccc2)cc1. The van der Waals surface area contributed by atoms with Gasteiger partial charge in [-0.1, -0.05) is 54.6 Å². The molecular formula is C16H17NO. The normalized spacial score (nSPS) is 10.7. The van der Waals surface area contributed by atoms with Crippen LogP contribution in [0.5, 0.6) is 5.75 Å². The second-order valence-corrected chi connectivity index (χ2v) is 3.91. The van der Waals surface area contributed by atoms with Crippen molar-refractivity contribution in [3.05, 3.63) is 66.7 Å². The number of ether oxygens (including phenoxy) is 1. The summed E-state index contributed by atoms with van der Waals surface area (Å²) in [5.74, 6) is 0.872. The molecule has 2 aromatic rings. The van der Waals surface area contributed by atoms with Crippen molar-refractivity contribution in [2.75, 3.05) is 13.2 Å². The summed E-state index contributed by atoms with van der Waals surface area (Å²) >= 11 is 0. The van der Waals surface area contributed by atoms with Crippen molar-refractivity contribution in [2.45, 2.75) is 0 Å². The summed E-state index contributed by atoms with van der Waals surface area (Å²) in [6.45, 7) is 1.11. The fourth-order valence-electron chi connectivity index (χ4n) is 1.68. The largest absolute Gasteiger partial charge is 0.490 e. The van der Waals surface area contributed by atoms with Crippen LogP contribution in [-0.2, 0) is 0 Å².